The lowest BCUT2D eigenvalue weighted by atomic mass is 9.92. The molecule has 1 fully saturated rings. The Labute approximate surface area is 203 Å². The van der Waals surface area contributed by atoms with E-state index in [-0.39, 0.29) is 5.69 Å². The highest BCUT2D eigenvalue weighted by atomic mass is 19.4. The third kappa shape index (κ3) is 5.54. The van der Waals surface area contributed by atoms with E-state index in [9.17, 15) is 27.6 Å². The molecule has 2 heterocycles. The summed E-state index contributed by atoms with van der Waals surface area (Å²) in [7, 11) is 0. The number of hydrogen-bond acceptors (Lipinski definition) is 5. The van der Waals surface area contributed by atoms with Gasteiger partial charge in [0.1, 0.15) is 11.8 Å². The fourth-order valence-corrected chi connectivity index (χ4v) is 3.77. The number of imide groups is 1. The molecular formula is C24H20F3N5O4. The van der Waals surface area contributed by atoms with Gasteiger partial charge in [-0.05, 0) is 48.0 Å². The van der Waals surface area contributed by atoms with Crippen LogP contribution < -0.4 is 25.6 Å². The summed E-state index contributed by atoms with van der Waals surface area (Å²) in [5.74, 6) is -1.67. The summed E-state index contributed by atoms with van der Waals surface area (Å²) in [6.07, 6.45) is -1.95. The maximum Gasteiger partial charge on any atom is 0.573 e. The third-order valence-corrected chi connectivity index (χ3v) is 5.42. The SMILES string of the molecule is CC(c1ccncc1NC(=O)Nc1ccccc1)C1NC(=O)N(c2ccc(OC(F)(F)F)cc2)C1=O. The number of nitrogens with zero attached hydrogens (tertiary/aromatic N) is 2. The molecule has 0 aliphatic carbocycles. The van der Waals surface area contributed by atoms with Crippen LogP contribution in [-0.4, -0.2) is 35.4 Å². The molecule has 2 unspecified atom stereocenters. The molecule has 9 nitrogen and oxygen atoms in total. The number of para-hydroxylation sites is 1. The van der Waals surface area contributed by atoms with Gasteiger partial charge in [0.05, 0.1) is 17.6 Å². The summed E-state index contributed by atoms with van der Waals surface area (Å²) in [5.41, 5.74) is 1.54. The second kappa shape index (κ2) is 9.94. The van der Waals surface area contributed by atoms with Gasteiger partial charge in [0.25, 0.3) is 5.91 Å². The van der Waals surface area contributed by atoms with Gasteiger partial charge in [0, 0.05) is 17.8 Å². The standard InChI is InChI=1S/C24H20F3N5O4/c1-14(18-11-12-28-13-19(18)30-22(34)29-15-5-3-2-4-6-15)20-21(33)32(23(35)31-20)16-7-9-17(10-8-16)36-24(25,26)27/h2-14,20H,1H3,(H,31,35)(H2,29,30,34). The van der Waals surface area contributed by atoms with E-state index in [0.29, 0.717) is 16.9 Å². The molecular weight excluding hydrogens is 479 g/mol. The Morgan fingerprint density at radius 3 is 2.42 bits per heavy atom. The van der Waals surface area contributed by atoms with Crippen LogP contribution in [0.3, 0.4) is 0 Å². The summed E-state index contributed by atoms with van der Waals surface area (Å²) in [6, 6.07) is 12.5. The number of urea groups is 2. The van der Waals surface area contributed by atoms with E-state index in [1.165, 1.54) is 24.5 Å². The topological polar surface area (TPSA) is 113 Å². The van der Waals surface area contributed by atoms with Crippen LogP contribution >= 0.6 is 0 Å². The van der Waals surface area contributed by atoms with Crippen molar-refractivity contribution < 1.29 is 32.3 Å². The Morgan fingerprint density at radius 1 is 1.06 bits per heavy atom. The van der Waals surface area contributed by atoms with Gasteiger partial charge in [-0.15, -0.1) is 13.2 Å². The predicted molar refractivity (Wildman–Crippen MR) is 125 cm³/mol. The smallest absolute Gasteiger partial charge is 0.406 e. The zero-order valence-electron chi connectivity index (χ0n) is 18.7. The van der Waals surface area contributed by atoms with Crippen LogP contribution in [0.1, 0.15) is 18.4 Å². The summed E-state index contributed by atoms with van der Waals surface area (Å²) >= 11 is 0. The van der Waals surface area contributed by atoms with Gasteiger partial charge < -0.3 is 20.7 Å². The molecule has 1 saturated heterocycles. The molecule has 1 aliphatic heterocycles. The number of amides is 5. The minimum Gasteiger partial charge on any atom is -0.406 e. The van der Waals surface area contributed by atoms with Crippen molar-refractivity contribution in [3.8, 4) is 5.75 Å². The molecule has 1 aromatic heterocycles. The molecule has 0 radical (unpaired) electrons. The van der Waals surface area contributed by atoms with Gasteiger partial charge in [-0.25, -0.2) is 14.5 Å². The molecule has 4 rings (SSSR count). The zero-order valence-corrected chi connectivity index (χ0v) is 18.7. The van der Waals surface area contributed by atoms with Crippen LogP contribution in [0.2, 0.25) is 0 Å². The molecule has 1 aliphatic rings. The number of nitrogens with one attached hydrogen (secondary N) is 3. The number of ether oxygens (including phenoxy) is 1. The van der Waals surface area contributed by atoms with Gasteiger partial charge >= 0.3 is 18.4 Å². The molecule has 0 saturated carbocycles. The van der Waals surface area contributed by atoms with Gasteiger partial charge in [0.2, 0.25) is 0 Å². The van der Waals surface area contributed by atoms with Crippen LogP contribution in [0.25, 0.3) is 0 Å². The largest absolute Gasteiger partial charge is 0.573 e. The number of rotatable bonds is 6. The first-order chi connectivity index (χ1) is 17.1. The van der Waals surface area contributed by atoms with E-state index in [2.05, 4.69) is 25.7 Å². The van der Waals surface area contributed by atoms with Crippen molar-refractivity contribution in [1.29, 1.82) is 0 Å². The average Bonchev–Trinajstić information content (AvgIpc) is 3.13. The summed E-state index contributed by atoms with van der Waals surface area (Å²) in [5, 5.41) is 7.99. The van der Waals surface area contributed by atoms with E-state index < -0.39 is 42.0 Å². The molecule has 5 amide bonds. The number of carbonyl (C=O) groups excluding carboxylic acids is 3. The van der Waals surface area contributed by atoms with Gasteiger partial charge in [-0.3, -0.25) is 9.78 Å². The zero-order chi connectivity index (χ0) is 25.9. The van der Waals surface area contributed by atoms with Crippen molar-refractivity contribution in [2.24, 2.45) is 0 Å². The lowest BCUT2D eigenvalue weighted by molar-refractivity contribution is -0.274. The van der Waals surface area contributed by atoms with Crippen LogP contribution in [0.5, 0.6) is 5.75 Å². The minimum atomic E-state index is -4.86. The Hall–Kier alpha value is -4.61. The molecule has 3 N–H and O–H groups in total. The first-order valence-corrected chi connectivity index (χ1v) is 10.7. The molecule has 12 heteroatoms. The van der Waals surface area contributed by atoms with E-state index >= 15 is 0 Å². The second-order valence-corrected chi connectivity index (χ2v) is 7.84. The normalized spacial score (nSPS) is 16.3. The third-order valence-electron chi connectivity index (χ3n) is 5.42. The van der Waals surface area contributed by atoms with Crippen LogP contribution in [0.15, 0.2) is 73.1 Å². The van der Waals surface area contributed by atoms with Gasteiger partial charge in [0.15, 0.2) is 0 Å². The second-order valence-electron chi connectivity index (χ2n) is 7.84. The Bertz CT molecular complexity index is 1270. The van der Waals surface area contributed by atoms with Gasteiger partial charge in [-0.2, -0.15) is 0 Å². The summed E-state index contributed by atoms with van der Waals surface area (Å²) < 4.78 is 41.0. The first kappa shape index (κ1) is 24.5. The van der Waals surface area contributed by atoms with Crippen molar-refractivity contribution in [2.45, 2.75) is 25.2 Å². The van der Waals surface area contributed by atoms with Crippen molar-refractivity contribution >= 4 is 35.0 Å². The molecule has 2 aromatic carbocycles. The lowest BCUT2D eigenvalue weighted by Gasteiger charge is -2.21. The van der Waals surface area contributed by atoms with Crippen LogP contribution in [0.4, 0.5) is 39.8 Å². The molecule has 3 aromatic rings. The summed E-state index contributed by atoms with van der Waals surface area (Å²) in [6.45, 7) is 1.70. The van der Waals surface area contributed by atoms with E-state index in [1.54, 1.807) is 37.3 Å². The number of halogens is 3. The molecule has 0 spiro atoms. The highest BCUT2D eigenvalue weighted by molar-refractivity contribution is 6.21. The first-order valence-electron chi connectivity index (χ1n) is 10.7. The number of benzene rings is 2. The Balaban J connectivity index is 1.49. The van der Waals surface area contributed by atoms with Gasteiger partial charge in [-0.1, -0.05) is 25.1 Å². The van der Waals surface area contributed by atoms with Crippen molar-refractivity contribution in [3.05, 3.63) is 78.6 Å². The molecule has 186 valence electrons. The highest BCUT2D eigenvalue weighted by Crippen LogP contribution is 2.32. The van der Waals surface area contributed by atoms with Crippen molar-refractivity contribution in [3.63, 3.8) is 0 Å². The quantitative estimate of drug-likeness (QED) is 0.420. The monoisotopic (exact) mass is 499 g/mol. The average molecular weight is 499 g/mol. The predicted octanol–water partition coefficient (Wildman–Crippen LogP) is 4.85. The van der Waals surface area contributed by atoms with Crippen LogP contribution in [-0.2, 0) is 4.79 Å². The Kier molecular flexibility index (Phi) is 6.77. The molecule has 2 atom stereocenters. The van der Waals surface area contributed by atoms with Crippen LogP contribution in [0, 0.1) is 0 Å². The van der Waals surface area contributed by atoms with E-state index in [4.69, 9.17) is 0 Å². The number of alkyl halides is 3. The maximum atomic E-state index is 13.1. The lowest BCUT2D eigenvalue weighted by Crippen LogP contribution is -2.35. The van der Waals surface area contributed by atoms with E-state index in [1.807, 2.05) is 6.07 Å². The number of anilines is 3. The highest BCUT2D eigenvalue weighted by Gasteiger charge is 2.43. The maximum absolute atomic E-state index is 13.1. The number of pyridine rings is 1. The Morgan fingerprint density at radius 2 is 1.75 bits per heavy atom. The van der Waals surface area contributed by atoms with Crippen molar-refractivity contribution in [2.75, 3.05) is 15.5 Å². The number of carbonyl (C=O) groups is 3. The molecule has 36 heavy (non-hydrogen) atoms. The molecule has 0 bridgehead atoms. The fourth-order valence-electron chi connectivity index (χ4n) is 3.77. The number of hydrogen-bond donors (Lipinski definition) is 3. The van der Waals surface area contributed by atoms with Crippen molar-refractivity contribution in [1.82, 2.24) is 10.3 Å². The van der Waals surface area contributed by atoms with E-state index in [0.717, 1.165) is 17.0 Å². The summed E-state index contributed by atoms with van der Waals surface area (Å²) in [4.78, 5) is 43.1. The number of aromatic nitrogens is 1. The fraction of sp³-hybridized carbons (Fsp3) is 0.167. The minimum absolute atomic E-state index is 0.0806.